The second-order valence-electron chi connectivity index (χ2n) is 7.82. The molecule has 0 aliphatic carbocycles. The first-order valence-corrected chi connectivity index (χ1v) is 11.3. The number of benzene rings is 1. The first-order valence-electron chi connectivity index (χ1n) is 8.42. The zero-order chi connectivity index (χ0) is 18.9. The summed E-state index contributed by atoms with van der Waals surface area (Å²) in [5.41, 5.74) is -0.206. The van der Waals surface area contributed by atoms with E-state index < -0.39 is 26.0 Å². The van der Waals surface area contributed by atoms with Crippen LogP contribution in [-0.2, 0) is 18.7 Å². The molecular formula is C20H28O4Si. The molecule has 1 aromatic rings. The normalized spacial score (nSPS) is 23.4. The Bertz CT molecular complexity index is 673. The van der Waals surface area contributed by atoms with Gasteiger partial charge >= 0.3 is 5.97 Å². The molecule has 5 heteroatoms. The molecule has 2 atom stereocenters. The van der Waals surface area contributed by atoms with E-state index in [2.05, 4.69) is 40.4 Å². The van der Waals surface area contributed by atoms with Gasteiger partial charge in [0, 0.05) is 0 Å². The van der Waals surface area contributed by atoms with Gasteiger partial charge in [0.15, 0.2) is 0 Å². The molecular weight excluding hydrogens is 332 g/mol. The fourth-order valence-corrected chi connectivity index (χ4v) is 3.37. The van der Waals surface area contributed by atoms with E-state index in [1.165, 1.54) is 7.11 Å². The van der Waals surface area contributed by atoms with Gasteiger partial charge in [0.2, 0.25) is 8.32 Å². The van der Waals surface area contributed by atoms with Crippen LogP contribution in [0.25, 0.3) is 6.08 Å². The molecule has 0 spiro atoms. The predicted octanol–water partition coefficient (Wildman–Crippen LogP) is 4.55. The lowest BCUT2D eigenvalue weighted by molar-refractivity contribution is -0.146. The number of ether oxygens (including phenoxy) is 2. The Balaban J connectivity index is 2.19. The van der Waals surface area contributed by atoms with Crippen LogP contribution in [0.15, 0.2) is 48.7 Å². The van der Waals surface area contributed by atoms with Crippen LogP contribution < -0.4 is 0 Å². The van der Waals surface area contributed by atoms with Crippen molar-refractivity contribution in [2.24, 2.45) is 0 Å². The van der Waals surface area contributed by atoms with Gasteiger partial charge in [-0.25, -0.2) is 4.79 Å². The van der Waals surface area contributed by atoms with Crippen LogP contribution in [0.2, 0.25) is 18.1 Å². The highest BCUT2D eigenvalue weighted by molar-refractivity contribution is 6.74. The van der Waals surface area contributed by atoms with Crippen LogP contribution in [0, 0.1) is 0 Å². The Morgan fingerprint density at radius 1 is 1.28 bits per heavy atom. The largest absolute Gasteiger partial charge is 0.544 e. The molecule has 1 aliphatic rings. The Morgan fingerprint density at radius 3 is 2.40 bits per heavy atom. The highest BCUT2D eigenvalue weighted by Gasteiger charge is 2.67. The van der Waals surface area contributed by atoms with E-state index >= 15 is 0 Å². The SMILES string of the molecule is C=C(O[Si](C)(C)C(C)(C)C)[C@]1(C(=O)OC)O[C@H]1/C=C/c1ccccc1. The highest BCUT2D eigenvalue weighted by Crippen LogP contribution is 2.48. The summed E-state index contributed by atoms with van der Waals surface area (Å²) in [7, 11) is -0.774. The smallest absolute Gasteiger partial charge is 0.349 e. The molecule has 2 rings (SSSR count). The first kappa shape index (κ1) is 19.5. The Labute approximate surface area is 151 Å². The van der Waals surface area contributed by atoms with Crippen LogP contribution >= 0.6 is 0 Å². The maximum atomic E-state index is 12.4. The van der Waals surface area contributed by atoms with Crippen molar-refractivity contribution in [3.8, 4) is 0 Å². The van der Waals surface area contributed by atoms with Crippen LogP contribution in [0.3, 0.4) is 0 Å². The van der Waals surface area contributed by atoms with Crippen molar-refractivity contribution in [3.63, 3.8) is 0 Å². The first-order chi connectivity index (χ1) is 11.5. The summed E-state index contributed by atoms with van der Waals surface area (Å²) in [4.78, 5) is 12.4. The molecule has 0 N–H and O–H groups in total. The second-order valence-corrected chi connectivity index (χ2v) is 12.5. The number of epoxide rings is 1. The van der Waals surface area contributed by atoms with Crippen molar-refractivity contribution < 1.29 is 18.7 Å². The highest BCUT2D eigenvalue weighted by atomic mass is 28.4. The minimum absolute atomic E-state index is 0.00247. The number of rotatable bonds is 6. The standard InChI is InChI=1S/C20H28O4Si/c1-15(24-25(6,7)19(2,3)4)20(18(21)22-5)17(23-20)14-13-16-11-9-8-10-12-16/h8-14,17H,1H2,2-7H3/b14-13+/t17-,20-/m0/s1. The van der Waals surface area contributed by atoms with E-state index in [-0.39, 0.29) is 5.04 Å². The minimum Gasteiger partial charge on any atom is -0.544 e. The third-order valence-corrected chi connectivity index (χ3v) is 9.38. The third kappa shape index (κ3) is 3.88. The van der Waals surface area contributed by atoms with Gasteiger partial charge < -0.3 is 13.9 Å². The molecule has 136 valence electrons. The van der Waals surface area contributed by atoms with E-state index in [0.717, 1.165) is 5.56 Å². The van der Waals surface area contributed by atoms with Gasteiger partial charge in [0.25, 0.3) is 5.60 Å². The van der Waals surface area contributed by atoms with Crippen molar-refractivity contribution in [1.29, 1.82) is 0 Å². The Hall–Kier alpha value is -1.85. The van der Waals surface area contributed by atoms with Gasteiger partial charge in [-0.15, -0.1) is 0 Å². The van der Waals surface area contributed by atoms with Crippen molar-refractivity contribution in [2.75, 3.05) is 7.11 Å². The molecule has 0 amide bonds. The van der Waals surface area contributed by atoms with E-state index in [1.54, 1.807) is 0 Å². The summed E-state index contributed by atoms with van der Waals surface area (Å²) in [6.45, 7) is 14.6. The summed E-state index contributed by atoms with van der Waals surface area (Å²) < 4.78 is 16.9. The van der Waals surface area contributed by atoms with Crippen LogP contribution in [-0.4, -0.2) is 33.1 Å². The number of hydrogen-bond acceptors (Lipinski definition) is 4. The van der Waals surface area contributed by atoms with Gasteiger partial charge in [-0.3, -0.25) is 0 Å². The van der Waals surface area contributed by atoms with E-state index in [1.807, 2.05) is 42.5 Å². The Morgan fingerprint density at radius 2 is 1.88 bits per heavy atom. The average molecular weight is 361 g/mol. The van der Waals surface area contributed by atoms with Crippen molar-refractivity contribution in [1.82, 2.24) is 0 Å². The van der Waals surface area contributed by atoms with Crippen molar-refractivity contribution in [3.05, 3.63) is 54.3 Å². The minimum atomic E-state index is -2.12. The number of esters is 1. The quantitative estimate of drug-likeness (QED) is 0.323. The van der Waals surface area contributed by atoms with Crippen LogP contribution in [0.1, 0.15) is 26.3 Å². The summed E-state index contributed by atoms with van der Waals surface area (Å²) in [5.74, 6) is -0.132. The fraction of sp³-hybridized carbons (Fsp3) is 0.450. The maximum Gasteiger partial charge on any atom is 0.349 e. The molecule has 0 bridgehead atoms. The van der Waals surface area contributed by atoms with Crippen LogP contribution in [0.5, 0.6) is 0 Å². The lowest BCUT2D eigenvalue weighted by Gasteiger charge is -2.37. The third-order valence-electron chi connectivity index (χ3n) is 5.01. The van der Waals surface area contributed by atoms with Gasteiger partial charge in [-0.2, -0.15) is 0 Å². The molecule has 0 saturated carbocycles. The molecule has 0 unspecified atom stereocenters. The lowest BCUT2D eigenvalue weighted by Crippen LogP contribution is -2.44. The van der Waals surface area contributed by atoms with E-state index in [4.69, 9.17) is 13.9 Å². The molecule has 1 aromatic carbocycles. The Kier molecular flexibility index (Phi) is 5.30. The van der Waals surface area contributed by atoms with E-state index in [0.29, 0.717) is 5.76 Å². The van der Waals surface area contributed by atoms with Crippen molar-refractivity contribution in [2.45, 2.75) is 50.6 Å². The maximum absolute atomic E-state index is 12.4. The van der Waals surface area contributed by atoms with Crippen molar-refractivity contribution >= 4 is 20.4 Å². The lowest BCUT2D eigenvalue weighted by atomic mass is 10.0. The number of carbonyl (C=O) groups is 1. The summed E-state index contributed by atoms with van der Waals surface area (Å²) in [5, 5.41) is -0.00247. The molecule has 4 nitrogen and oxygen atoms in total. The number of hydrogen-bond donors (Lipinski definition) is 0. The van der Waals surface area contributed by atoms with Gasteiger partial charge in [0.1, 0.15) is 11.9 Å². The average Bonchev–Trinajstić information content (AvgIpc) is 3.27. The topological polar surface area (TPSA) is 48.1 Å². The summed E-state index contributed by atoms with van der Waals surface area (Å²) in [6.07, 6.45) is 3.35. The predicted molar refractivity (Wildman–Crippen MR) is 103 cm³/mol. The molecule has 0 aromatic heterocycles. The second kappa shape index (κ2) is 6.81. The van der Waals surface area contributed by atoms with Gasteiger partial charge in [-0.1, -0.05) is 69.8 Å². The zero-order valence-corrected chi connectivity index (χ0v) is 17.0. The molecule has 1 heterocycles. The van der Waals surface area contributed by atoms with Gasteiger partial charge in [-0.05, 0) is 23.7 Å². The van der Waals surface area contributed by atoms with Gasteiger partial charge in [0.05, 0.1) is 7.11 Å². The van der Waals surface area contributed by atoms with E-state index in [9.17, 15) is 4.79 Å². The molecule has 1 saturated heterocycles. The summed E-state index contributed by atoms with van der Waals surface area (Å²) >= 11 is 0. The zero-order valence-electron chi connectivity index (χ0n) is 16.0. The number of methoxy groups -OCH3 is 1. The monoisotopic (exact) mass is 360 g/mol. The molecule has 1 aliphatic heterocycles. The molecule has 25 heavy (non-hydrogen) atoms. The number of carbonyl (C=O) groups excluding carboxylic acids is 1. The molecule has 1 fully saturated rings. The van der Waals surface area contributed by atoms with Crippen LogP contribution in [0.4, 0.5) is 0 Å². The fourth-order valence-electron chi connectivity index (χ4n) is 2.29. The molecule has 0 radical (unpaired) electrons. The summed E-state index contributed by atoms with van der Waals surface area (Å²) in [6, 6.07) is 9.85.